The minimum Gasteiger partial charge on any atom is -0.406 e. The number of nitrogens with one attached hydrogen (secondary N) is 1. The second kappa shape index (κ2) is 4.88. The molecule has 1 N–H and O–H groups in total. The van der Waals surface area contributed by atoms with Crippen LogP contribution < -0.4 is 4.74 Å². The second-order valence-corrected chi connectivity index (χ2v) is 4.59. The van der Waals surface area contributed by atoms with E-state index in [1.54, 1.807) is 23.0 Å². The van der Waals surface area contributed by atoms with Crippen LogP contribution in [-0.2, 0) is 0 Å². The lowest BCUT2D eigenvalue weighted by Gasteiger charge is -2.10. The van der Waals surface area contributed by atoms with E-state index in [-0.39, 0.29) is 5.75 Å². The SMILES string of the molecule is FC(F)(F)Oc1ccc(-n2c(=S)[nH]c3cnccc32)cc1. The number of H-pyrrole nitrogens is 1. The summed E-state index contributed by atoms with van der Waals surface area (Å²) in [7, 11) is 0. The van der Waals surface area contributed by atoms with E-state index in [9.17, 15) is 13.2 Å². The molecule has 0 unspecified atom stereocenters. The van der Waals surface area contributed by atoms with E-state index in [0.717, 1.165) is 11.0 Å². The molecule has 21 heavy (non-hydrogen) atoms. The molecular weight excluding hydrogens is 303 g/mol. The molecule has 0 aliphatic heterocycles. The number of aromatic nitrogens is 3. The van der Waals surface area contributed by atoms with Crippen molar-refractivity contribution in [3.63, 3.8) is 0 Å². The molecule has 2 aromatic heterocycles. The molecule has 0 spiro atoms. The summed E-state index contributed by atoms with van der Waals surface area (Å²) in [4.78, 5) is 6.96. The fourth-order valence-corrected chi connectivity index (χ4v) is 2.33. The standard InChI is InChI=1S/C13H8F3N3OS/c14-13(15,16)20-9-3-1-8(2-4-9)19-11-5-6-17-7-10(11)18-12(19)21/h1-7H,(H,18,21). The average molecular weight is 311 g/mol. The molecule has 0 aliphatic carbocycles. The number of rotatable bonds is 2. The summed E-state index contributed by atoms with van der Waals surface area (Å²) in [5, 5.41) is 0. The first kappa shape index (κ1) is 13.6. The van der Waals surface area contributed by atoms with Gasteiger partial charge in [-0.2, -0.15) is 0 Å². The molecule has 3 aromatic rings. The van der Waals surface area contributed by atoms with Crippen molar-refractivity contribution < 1.29 is 17.9 Å². The molecule has 0 fully saturated rings. The number of benzene rings is 1. The molecule has 2 heterocycles. The number of ether oxygens (including phenoxy) is 1. The van der Waals surface area contributed by atoms with Crippen LogP contribution in [-0.4, -0.2) is 20.9 Å². The fraction of sp³-hybridized carbons (Fsp3) is 0.0769. The van der Waals surface area contributed by atoms with Gasteiger partial charge in [0.2, 0.25) is 0 Å². The van der Waals surface area contributed by atoms with Gasteiger partial charge in [0.1, 0.15) is 5.75 Å². The monoisotopic (exact) mass is 311 g/mol. The van der Waals surface area contributed by atoms with Crippen LogP contribution in [0.2, 0.25) is 0 Å². The summed E-state index contributed by atoms with van der Waals surface area (Å²) in [6, 6.07) is 7.26. The van der Waals surface area contributed by atoms with Crippen LogP contribution >= 0.6 is 12.2 Å². The summed E-state index contributed by atoms with van der Waals surface area (Å²) < 4.78 is 42.4. The van der Waals surface area contributed by atoms with Gasteiger partial charge in [-0.05, 0) is 42.5 Å². The van der Waals surface area contributed by atoms with Gasteiger partial charge in [-0.1, -0.05) is 0 Å². The van der Waals surface area contributed by atoms with Crippen LogP contribution in [0.25, 0.3) is 16.7 Å². The zero-order valence-electron chi connectivity index (χ0n) is 10.4. The quantitative estimate of drug-likeness (QED) is 0.728. The van der Waals surface area contributed by atoms with Crippen LogP contribution in [0.3, 0.4) is 0 Å². The van der Waals surface area contributed by atoms with Gasteiger partial charge >= 0.3 is 6.36 Å². The van der Waals surface area contributed by atoms with E-state index in [2.05, 4.69) is 14.7 Å². The van der Waals surface area contributed by atoms with Crippen molar-refractivity contribution in [3.05, 3.63) is 47.5 Å². The maximum Gasteiger partial charge on any atom is 0.573 e. The second-order valence-electron chi connectivity index (χ2n) is 4.20. The molecule has 0 bridgehead atoms. The Balaban J connectivity index is 2.04. The van der Waals surface area contributed by atoms with Gasteiger partial charge in [0.25, 0.3) is 0 Å². The lowest BCUT2D eigenvalue weighted by Crippen LogP contribution is -2.17. The van der Waals surface area contributed by atoms with Crippen molar-refractivity contribution in [2.45, 2.75) is 6.36 Å². The van der Waals surface area contributed by atoms with E-state index in [1.165, 1.54) is 24.3 Å². The average Bonchev–Trinajstić information content (AvgIpc) is 2.74. The summed E-state index contributed by atoms with van der Waals surface area (Å²) in [5.74, 6) is -0.278. The highest BCUT2D eigenvalue weighted by atomic mass is 32.1. The smallest absolute Gasteiger partial charge is 0.406 e. The van der Waals surface area contributed by atoms with Crippen molar-refractivity contribution in [1.29, 1.82) is 0 Å². The number of aromatic amines is 1. The van der Waals surface area contributed by atoms with Gasteiger partial charge in [-0.25, -0.2) is 0 Å². The van der Waals surface area contributed by atoms with Gasteiger partial charge < -0.3 is 9.72 Å². The molecule has 8 heteroatoms. The largest absolute Gasteiger partial charge is 0.573 e. The Kier molecular flexibility index (Phi) is 3.17. The summed E-state index contributed by atoms with van der Waals surface area (Å²) in [6.07, 6.45) is -1.46. The van der Waals surface area contributed by atoms with Gasteiger partial charge in [-0.15, -0.1) is 13.2 Å². The van der Waals surface area contributed by atoms with Crippen molar-refractivity contribution in [1.82, 2.24) is 14.5 Å². The Hall–Kier alpha value is -2.35. The van der Waals surface area contributed by atoms with Gasteiger partial charge in [0.15, 0.2) is 4.77 Å². The van der Waals surface area contributed by atoms with E-state index in [1.807, 2.05) is 0 Å². The molecule has 0 saturated carbocycles. The first-order valence-corrected chi connectivity index (χ1v) is 6.26. The van der Waals surface area contributed by atoms with Gasteiger partial charge in [-0.3, -0.25) is 9.55 Å². The molecule has 0 radical (unpaired) electrons. The molecular formula is C13H8F3N3OS. The third-order valence-electron chi connectivity index (χ3n) is 2.81. The minimum atomic E-state index is -4.70. The van der Waals surface area contributed by atoms with Crippen LogP contribution in [0.5, 0.6) is 5.75 Å². The molecule has 0 amide bonds. The minimum absolute atomic E-state index is 0.278. The lowest BCUT2D eigenvalue weighted by molar-refractivity contribution is -0.274. The first-order chi connectivity index (χ1) is 9.94. The molecule has 3 rings (SSSR count). The topological polar surface area (TPSA) is 42.8 Å². The Labute approximate surface area is 121 Å². The summed E-state index contributed by atoms with van der Waals surface area (Å²) in [5.41, 5.74) is 2.17. The zero-order valence-corrected chi connectivity index (χ0v) is 11.2. The molecule has 108 valence electrons. The van der Waals surface area contributed by atoms with Gasteiger partial charge in [0.05, 0.1) is 17.2 Å². The van der Waals surface area contributed by atoms with Crippen molar-refractivity contribution >= 4 is 23.3 Å². The highest BCUT2D eigenvalue weighted by Crippen LogP contribution is 2.25. The normalized spacial score (nSPS) is 11.8. The number of halogens is 3. The Bertz CT molecular complexity index is 836. The maximum absolute atomic E-state index is 12.1. The molecule has 0 saturated heterocycles. The predicted octanol–water partition coefficient (Wildman–Crippen LogP) is 3.98. The third-order valence-corrected chi connectivity index (χ3v) is 3.10. The molecule has 0 atom stereocenters. The lowest BCUT2D eigenvalue weighted by atomic mass is 10.3. The Morgan fingerprint density at radius 3 is 2.52 bits per heavy atom. The summed E-state index contributed by atoms with van der Waals surface area (Å²) in [6.45, 7) is 0. The number of imidazole rings is 1. The van der Waals surface area contributed by atoms with E-state index in [4.69, 9.17) is 12.2 Å². The predicted molar refractivity (Wildman–Crippen MR) is 72.9 cm³/mol. The molecule has 4 nitrogen and oxygen atoms in total. The van der Waals surface area contributed by atoms with Crippen LogP contribution in [0.4, 0.5) is 13.2 Å². The van der Waals surface area contributed by atoms with Crippen molar-refractivity contribution in [2.75, 3.05) is 0 Å². The Morgan fingerprint density at radius 2 is 1.86 bits per heavy atom. The highest BCUT2D eigenvalue weighted by Gasteiger charge is 2.30. The van der Waals surface area contributed by atoms with Gasteiger partial charge in [0, 0.05) is 11.9 Å². The van der Waals surface area contributed by atoms with Crippen molar-refractivity contribution in [2.24, 2.45) is 0 Å². The number of hydrogen-bond donors (Lipinski definition) is 1. The maximum atomic E-state index is 12.1. The van der Waals surface area contributed by atoms with Crippen molar-refractivity contribution in [3.8, 4) is 11.4 Å². The number of nitrogens with zero attached hydrogens (tertiary/aromatic N) is 2. The number of alkyl halides is 3. The van der Waals surface area contributed by atoms with Crippen LogP contribution in [0.1, 0.15) is 0 Å². The highest BCUT2D eigenvalue weighted by molar-refractivity contribution is 7.71. The molecule has 1 aromatic carbocycles. The summed E-state index contributed by atoms with van der Waals surface area (Å²) >= 11 is 5.22. The first-order valence-electron chi connectivity index (χ1n) is 5.85. The fourth-order valence-electron chi connectivity index (χ4n) is 2.01. The number of pyridine rings is 1. The van der Waals surface area contributed by atoms with Crippen LogP contribution in [0, 0.1) is 4.77 Å². The Morgan fingerprint density at radius 1 is 1.14 bits per heavy atom. The van der Waals surface area contributed by atoms with E-state index >= 15 is 0 Å². The molecule has 0 aliphatic rings. The van der Waals surface area contributed by atoms with E-state index in [0.29, 0.717) is 10.5 Å². The zero-order chi connectivity index (χ0) is 15.0. The number of hydrogen-bond acceptors (Lipinski definition) is 3. The van der Waals surface area contributed by atoms with E-state index < -0.39 is 6.36 Å². The third kappa shape index (κ3) is 2.75. The number of fused-ring (bicyclic) bond motifs is 1. The van der Waals surface area contributed by atoms with Crippen LogP contribution in [0.15, 0.2) is 42.7 Å².